The van der Waals surface area contributed by atoms with Crippen molar-refractivity contribution in [2.24, 2.45) is 0 Å². The maximum absolute atomic E-state index is 5.40. The summed E-state index contributed by atoms with van der Waals surface area (Å²) in [5, 5.41) is 0. The Kier molecular flexibility index (Phi) is 7.01. The number of hydrogen-bond donors (Lipinski definition) is 0. The minimum Gasteiger partial charge on any atom is -0.350 e. The molecule has 0 aromatic rings. The first-order valence-corrected chi connectivity index (χ1v) is 7.41. The minimum absolute atomic E-state index is 0.0849. The SMILES string of the molecule is C(CCCCC1OCCO1)CCCC1OCCO1. The maximum atomic E-state index is 5.40. The molecular weight excluding hydrogens is 232 g/mol. The summed E-state index contributed by atoms with van der Waals surface area (Å²) in [6.45, 7) is 3.10. The van der Waals surface area contributed by atoms with Crippen LogP contribution in [0.2, 0.25) is 0 Å². The first-order chi connectivity index (χ1) is 8.95. The molecule has 2 fully saturated rings. The van der Waals surface area contributed by atoms with E-state index in [0.717, 1.165) is 39.3 Å². The van der Waals surface area contributed by atoms with E-state index in [0.29, 0.717) is 0 Å². The summed E-state index contributed by atoms with van der Waals surface area (Å²) in [6, 6.07) is 0. The highest BCUT2D eigenvalue weighted by molar-refractivity contribution is 4.55. The van der Waals surface area contributed by atoms with Gasteiger partial charge in [-0.1, -0.05) is 25.7 Å². The van der Waals surface area contributed by atoms with Gasteiger partial charge in [0.1, 0.15) is 0 Å². The molecule has 0 N–H and O–H groups in total. The van der Waals surface area contributed by atoms with Gasteiger partial charge in [-0.3, -0.25) is 0 Å². The van der Waals surface area contributed by atoms with E-state index in [1.807, 2.05) is 0 Å². The van der Waals surface area contributed by atoms with E-state index in [9.17, 15) is 0 Å². The molecule has 4 heteroatoms. The molecule has 2 rings (SSSR count). The predicted octanol–water partition coefficient (Wildman–Crippen LogP) is 2.85. The molecule has 18 heavy (non-hydrogen) atoms. The lowest BCUT2D eigenvalue weighted by Gasteiger charge is -2.09. The van der Waals surface area contributed by atoms with E-state index in [2.05, 4.69) is 0 Å². The summed E-state index contributed by atoms with van der Waals surface area (Å²) in [6.07, 6.45) is 9.95. The van der Waals surface area contributed by atoms with E-state index >= 15 is 0 Å². The molecular formula is C14H26O4. The van der Waals surface area contributed by atoms with Gasteiger partial charge in [0.25, 0.3) is 0 Å². The monoisotopic (exact) mass is 258 g/mol. The second-order valence-electron chi connectivity index (χ2n) is 5.04. The average Bonchev–Trinajstić information content (AvgIpc) is 3.05. The topological polar surface area (TPSA) is 36.9 Å². The van der Waals surface area contributed by atoms with Crippen LogP contribution in [0.4, 0.5) is 0 Å². The molecule has 2 saturated heterocycles. The minimum atomic E-state index is 0.0849. The van der Waals surface area contributed by atoms with E-state index in [1.54, 1.807) is 0 Å². The molecule has 0 aliphatic carbocycles. The lowest BCUT2D eigenvalue weighted by atomic mass is 10.1. The normalized spacial score (nSPS) is 22.0. The van der Waals surface area contributed by atoms with Gasteiger partial charge in [0.05, 0.1) is 26.4 Å². The Morgan fingerprint density at radius 3 is 1.22 bits per heavy atom. The highest BCUT2D eigenvalue weighted by Crippen LogP contribution is 2.16. The number of rotatable bonds is 9. The van der Waals surface area contributed by atoms with E-state index in [-0.39, 0.29) is 12.6 Å². The van der Waals surface area contributed by atoms with Crippen molar-refractivity contribution >= 4 is 0 Å². The van der Waals surface area contributed by atoms with Gasteiger partial charge in [0.2, 0.25) is 0 Å². The summed E-state index contributed by atoms with van der Waals surface area (Å²) < 4.78 is 21.6. The molecule has 2 aliphatic rings. The van der Waals surface area contributed by atoms with Crippen molar-refractivity contribution in [3.63, 3.8) is 0 Å². The van der Waals surface area contributed by atoms with Crippen LogP contribution in [-0.4, -0.2) is 39.0 Å². The summed E-state index contributed by atoms with van der Waals surface area (Å²) in [5.41, 5.74) is 0. The Hall–Kier alpha value is -0.160. The highest BCUT2D eigenvalue weighted by Gasteiger charge is 2.15. The maximum Gasteiger partial charge on any atom is 0.157 e. The molecule has 0 spiro atoms. The Morgan fingerprint density at radius 1 is 0.500 bits per heavy atom. The summed E-state index contributed by atoms with van der Waals surface area (Å²) in [5.74, 6) is 0. The van der Waals surface area contributed by atoms with Crippen molar-refractivity contribution in [3.8, 4) is 0 Å². The number of unbranched alkanes of at least 4 members (excludes halogenated alkanes) is 5. The van der Waals surface area contributed by atoms with Crippen LogP contribution >= 0.6 is 0 Å². The molecule has 0 aromatic heterocycles. The van der Waals surface area contributed by atoms with Crippen LogP contribution in [0.15, 0.2) is 0 Å². The van der Waals surface area contributed by atoms with Crippen LogP contribution in [0.5, 0.6) is 0 Å². The zero-order valence-electron chi connectivity index (χ0n) is 11.3. The zero-order chi connectivity index (χ0) is 12.5. The van der Waals surface area contributed by atoms with Crippen LogP contribution in [-0.2, 0) is 18.9 Å². The van der Waals surface area contributed by atoms with Crippen LogP contribution < -0.4 is 0 Å². The average molecular weight is 258 g/mol. The van der Waals surface area contributed by atoms with Gasteiger partial charge >= 0.3 is 0 Å². The molecule has 0 bridgehead atoms. The van der Waals surface area contributed by atoms with Gasteiger partial charge in [-0.05, 0) is 25.7 Å². The fourth-order valence-corrected chi connectivity index (χ4v) is 2.48. The number of ether oxygens (including phenoxy) is 4. The largest absolute Gasteiger partial charge is 0.350 e. The van der Waals surface area contributed by atoms with E-state index < -0.39 is 0 Å². The van der Waals surface area contributed by atoms with Gasteiger partial charge in [0, 0.05) is 0 Å². The van der Waals surface area contributed by atoms with Crippen LogP contribution in [0, 0.1) is 0 Å². The van der Waals surface area contributed by atoms with E-state index in [1.165, 1.54) is 38.5 Å². The second-order valence-corrected chi connectivity index (χ2v) is 5.04. The quantitative estimate of drug-likeness (QED) is 0.596. The number of hydrogen-bond acceptors (Lipinski definition) is 4. The first kappa shape index (κ1) is 14.3. The van der Waals surface area contributed by atoms with Crippen LogP contribution in [0.3, 0.4) is 0 Å². The molecule has 0 amide bonds. The fraction of sp³-hybridized carbons (Fsp3) is 1.00. The van der Waals surface area contributed by atoms with Gasteiger partial charge in [0.15, 0.2) is 12.6 Å². The molecule has 2 heterocycles. The lowest BCUT2D eigenvalue weighted by Crippen LogP contribution is -2.07. The molecule has 4 nitrogen and oxygen atoms in total. The van der Waals surface area contributed by atoms with E-state index in [4.69, 9.17) is 18.9 Å². The summed E-state index contributed by atoms with van der Waals surface area (Å²) in [4.78, 5) is 0. The zero-order valence-corrected chi connectivity index (χ0v) is 11.3. The summed E-state index contributed by atoms with van der Waals surface area (Å²) >= 11 is 0. The highest BCUT2D eigenvalue weighted by atomic mass is 16.7. The fourth-order valence-electron chi connectivity index (χ4n) is 2.48. The predicted molar refractivity (Wildman–Crippen MR) is 68.3 cm³/mol. The molecule has 0 unspecified atom stereocenters. The third-order valence-electron chi connectivity index (χ3n) is 3.51. The molecule has 0 saturated carbocycles. The Balaban J connectivity index is 1.31. The molecule has 0 atom stereocenters. The van der Waals surface area contributed by atoms with Crippen molar-refractivity contribution in [2.75, 3.05) is 26.4 Å². The van der Waals surface area contributed by atoms with Crippen molar-refractivity contribution in [3.05, 3.63) is 0 Å². The van der Waals surface area contributed by atoms with Gasteiger partial charge < -0.3 is 18.9 Å². The van der Waals surface area contributed by atoms with Crippen molar-refractivity contribution in [1.82, 2.24) is 0 Å². The molecule has 2 aliphatic heterocycles. The summed E-state index contributed by atoms with van der Waals surface area (Å²) in [7, 11) is 0. The van der Waals surface area contributed by atoms with Crippen molar-refractivity contribution in [1.29, 1.82) is 0 Å². The van der Waals surface area contributed by atoms with Gasteiger partial charge in [-0.15, -0.1) is 0 Å². The lowest BCUT2D eigenvalue weighted by molar-refractivity contribution is -0.0488. The van der Waals surface area contributed by atoms with Gasteiger partial charge in [-0.25, -0.2) is 0 Å². The Labute approximate surface area is 110 Å². The first-order valence-electron chi connectivity index (χ1n) is 7.41. The third kappa shape index (κ3) is 5.65. The Morgan fingerprint density at radius 2 is 0.833 bits per heavy atom. The van der Waals surface area contributed by atoms with Crippen LogP contribution in [0.1, 0.15) is 51.4 Å². The molecule has 0 radical (unpaired) electrons. The van der Waals surface area contributed by atoms with Crippen LogP contribution in [0.25, 0.3) is 0 Å². The van der Waals surface area contributed by atoms with Crippen molar-refractivity contribution < 1.29 is 18.9 Å². The standard InChI is InChI=1S/C14H26O4/c1(3-5-7-13-15-9-10-16-13)2-4-6-8-14-17-11-12-18-14/h13-14H,1-12H2. The third-order valence-corrected chi connectivity index (χ3v) is 3.51. The molecule has 0 aromatic carbocycles. The van der Waals surface area contributed by atoms with Gasteiger partial charge in [-0.2, -0.15) is 0 Å². The smallest absolute Gasteiger partial charge is 0.157 e. The Bertz CT molecular complexity index is 176. The second kappa shape index (κ2) is 8.86. The van der Waals surface area contributed by atoms with Crippen molar-refractivity contribution in [2.45, 2.75) is 63.9 Å². The molecule has 106 valence electrons.